The van der Waals surface area contributed by atoms with Gasteiger partial charge in [0.1, 0.15) is 0 Å². The zero-order valence-electron chi connectivity index (χ0n) is 11.5. The average molecular weight is 341 g/mol. The molecule has 21 heavy (non-hydrogen) atoms. The minimum atomic E-state index is -0.102. The highest BCUT2D eigenvalue weighted by Crippen LogP contribution is 2.26. The molecule has 0 N–H and O–H groups in total. The van der Waals surface area contributed by atoms with Crippen LogP contribution in [0, 0.1) is 0 Å². The molecule has 0 saturated carbocycles. The van der Waals surface area contributed by atoms with Gasteiger partial charge < -0.3 is 0 Å². The second kappa shape index (κ2) is 5.66. The first kappa shape index (κ1) is 13.8. The number of nitrogens with zero attached hydrogens (tertiary/aromatic N) is 2. The van der Waals surface area contributed by atoms with Crippen molar-refractivity contribution in [3.63, 3.8) is 0 Å². The number of carbonyl (C=O) groups is 1. The molecule has 1 heterocycles. The molecule has 0 fully saturated rings. The summed E-state index contributed by atoms with van der Waals surface area (Å²) < 4.78 is 0.955. The van der Waals surface area contributed by atoms with Crippen LogP contribution in [-0.4, -0.2) is 11.6 Å². The number of rotatable bonds is 2. The number of para-hydroxylation sites is 1. The molecule has 0 atom stereocenters. The van der Waals surface area contributed by atoms with E-state index in [0.29, 0.717) is 5.57 Å². The van der Waals surface area contributed by atoms with Gasteiger partial charge in [-0.1, -0.05) is 52.3 Å². The van der Waals surface area contributed by atoms with Crippen LogP contribution in [0.15, 0.2) is 69.7 Å². The van der Waals surface area contributed by atoms with Crippen molar-refractivity contribution in [1.29, 1.82) is 0 Å². The number of hydrogen-bond donors (Lipinski definition) is 0. The van der Waals surface area contributed by atoms with Gasteiger partial charge in [-0.25, -0.2) is 0 Å². The third-order valence-corrected chi connectivity index (χ3v) is 3.99. The number of hydrogen-bond acceptors (Lipinski definition) is 2. The summed E-state index contributed by atoms with van der Waals surface area (Å²) in [6.07, 6.45) is 1.87. The number of halogens is 1. The Balaban J connectivity index is 1.98. The molecule has 0 spiro atoms. The Morgan fingerprint density at radius 3 is 2.43 bits per heavy atom. The van der Waals surface area contributed by atoms with Gasteiger partial charge in [0.2, 0.25) is 0 Å². The van der Waals surface area contributed by atoms with Crippen LogP contribution in [0.2, 0.25) is 0 Å². The first-order chi connectivity index (χ1) is 10.2. The van der Waals surface area contributed by atoms with E-state index >= 15 is 0 Å². The fraction of sp³-hybridized carbons (Fsp3) is 0.0588. The zero-order chi connectivity index (χ0) is 14.8. The molecule has 0 bridgehead atoms. The van der Waals surface area contributed by atoms with Crippen LogP contribution in [-0.2, 0) is 4.79 Å². The standard InChI is InChI=1S/C17H13BrN2O/c1-12-15(11-13-7-5-6-10-16(13)18)17(21)20(19-12)14-8-3-2-4-9-14/h2-11H,1H3/b15-11+. The second-order valence-electron chi connectivity index (χ2n) is 4.72. The highest BCUT2D eigenvalue weighted by atomic mass is 79.9. The fourth-order valence-corrected chi connectivity index (χ4v) is 2.58. The van der Waals surface area contributed by atoms with E-state index < -0.39 is 0 Å². The van der Waals surface area contributed by atoms with Gasteiger partial charge in [-0.2, -0.15) is 10.1 Å². The summed E-state index contributed by atoms with van der Waals surface area (Å²) in [4.78, 5) is 12.6. The molecule has 1 aliphatic heterocycles. The molecular weight excluding hydrogens is 328 g/mol. The zero-order valence-corrected chi connectivity index (χ0v) is 13.0. The molecule has 3 rings (SSSR count). The van der Waals surface area contributed by atoms with Crippen LogP contribution >= 0.6 is 15.9 Å². The summed E-state index contributed by atoms with van der Waals surface area (Å²) in [5.41, 5.74) is 3.08. The summed E-state index contributed by atoms with van der Waals surface area (Å²) in [6, 6.07) is 17.2. The summed E-state index contributed by atoms with van der Waals surface area (Å²) in [5, 5.41) is 5.81. The van der Waals surface area contributed by atoms with E-state index in [-0.39, 0.29) is 5.91 Å². The molecule has 0 aliphatic carbocycles. The predicted octanol–water partition coefficient (Wildman–Crippen LogP) is 4.26. The lowest BCUT2D eigenvalue weighted by Crippen LogP contribution is -2.21. The molecule has 2 aromatic rings. The monoisotopic (exact) mass is 340 g/mol. The lowest BCUT2D eigenvalue weighted by atomic mass is 10.1. The molecule has 4 heteroatoms. The SMILES string of the molecule is CC1=NN(c2ccccc2)C(=O)/C1=C/c1ccccc1Br. The van der Waals surface area contributed by atoms with Crippen molar-refractivity contribution >= 4 is 39.3 Å². The number of anilines is 1. The summed E-state index contributed by atoms with van der Waals surface area (Å²) in [7, 11) is 0. The Hall–Kier alpha value is -2.20. The van der Waals surface area contributed by atoms with Crippen LogP contribution < -0.4 is 5.01 Å². The van der Waals surface area contributed by atoms with Crippen molar-refractivity contribution in [3.8, 4) is 0 Å². The Labute approximate surface area is 131 Å². The Morgan fingerprint density at radius 1 is 1.05 bits per heavy atom. The second-order valence-corrected chi connectivity index (χ2v) is 5.57. The van der Waals surface area contributed by atoms with Crippen molar-refractivity contribution < 1.29 is 4.79 Å². The smallest absolute Gasteiger partial charge is 0.267 e. The maximum atomic E-state index is 12.6. The van der Waals surface area contributed by atoms with Crippen LogP contribution in [0.25, 0.3) is 6.08 Å². The topological polar surface area (TPSA) is 32.7 Å². The van der Waals surface area contributed by atoms with Gasteiger partial charge in [0.05, 0.1) is 17.0 Å². The van der Waals surface area contributed by atoms with Gasteiger partial charge in [0.25, 0.3) is 5.91 Å². The average Bonchev–Trinajstić information content (AvgIpc) is 2.78. The predicted molar refractivity (Wildman–Crippen MR) is 89.2 cm³/mol. The molecule has 104 valence electrons. The Kier molecular flexibility index (Phi) is 3.71. The fourth-order valence-electron chi connectivity index (χ4n) is 2.18. The van der Waals surface area contributed by atoms with Gasteiger partial charge in [0, 0.05) is 4.47 Å². The van der Waals surface area contributed by atoms with Crippen molar-refractivity contribution in [2.24, 2.45) is 5.10 Å². The van der Waals surface area contributed by atoms with Gasteiger partial charge in [-0.05, 0) is 36.8 Å². The van der Waals surface area contributed by atoms with Gasteiger partial charge >= 0.3 is 0 Å². The van der Waals surface area contributed by atoms with Gasteiger partial charge in [-0.15, -0.1) is 0 Å². The first-order valence-corrected chi connectivity index (χ1v) is 7.37. The lowest BCUT2D eigenvalue weighted by Gasteiger charge is -2.11. The maximum absolute atomic E-state index is 12.6. The van der Waals surface area contributed by atoms with Crippen molar-refractivity contribution in [2.45, 2.75) is 6.92 Å². The van der Waals surface area contributed by atoms with Crippen molar-refractivity contribution in [3.05, 3.63) is 70.2 Å². The van der Waals surface area contributed by atoms with Crippen molar-refractivity contribution in [1.82, 2.24) is 0 Å². The number of carbonyl (C=O) groups excluding carboxylic acids is 1. The Morgan fingerprint density at radius 2 is 1.71 bits per heavy atom. The third kappa shape index (κ3) is 2.67. The highest BCUT2D eigenvalue weighted by molar-refractivity contribution is 9.10. The van der Waals surface area contributed by atoms with Crippen LogP contribution in [0.4, 0.5) is 5.69 Å². The number of amides is 1. The molecule has 2 aromatic carbocycles. The highest BCUT2D eigenvalue weighted by Gasteiger charge is 2.28. The van der Waals surface area contributed by atoms with Gasteiger partial charge in [0.15, 0.2) is 0 Å². The van der Waals surface area contributed by atoms with E-state index in [9.17, 15) is 4.79 Å². The molecule has 0 unspecified atom stereocenters. The molecule has 3 nitrogen and oxygen atoms in total. The Bertz CT molecular complexity index is 750. The van der Waals surface area contributed by atoms with Crippen molar-refractivity contribution in [2.75, 3.05) is 5.01 Å². The molecular formula is C17H13BrN2O. The molecule has 1 amide bonds. The van der Waals surface area contributed by atoms with Crippen LogP contribution in [0.5, 0.6) is 0 Å². The van der Waals surface area contributed by atoms with E-state index in [1.54, 1.807) is 0 Å². The largest absolute Gasteiger partial charge is 0.280 e. The minimum absolute atomic E-state index is 0.102. The van der Waals surface area contributed by atoms with Crippen LogP contribution in [0.3, 0.4) is 0 Å². The molecule has 0 radical (unpaired) electrons. The lowest BCUT2D eigenvalue weighted by molar-refractivity contribution is -0.114. The molecule has 1 aliphatic rings. The van der Waals surface area contributed by atoms with E-state index in [2.05, 4.69) is 21.0 Å². The first-order valence-electron chi connectivity index (χ1n) is 6.58. The van der Waals surface area contributed by atoms with Crippen LogP contribution in [0.1, 0.15) is 12.5 Å². The van der Waals surface area contributed by atoms with E-state index in [4.69, 9.17) is 0 Å². The minimum Gasteiger partial charge on any atom is -0.267 e. The van der Waals surface area contributed by atoms with E-state index in [1.165, 1.54) is 5.01 Å². The summed E-state index contributed by atoms with van der Waals surface area (Å²) >= 11 is 3.49. The van der Waals surface area contributed by atoms with E-state index in [1.807, 2.05) is 67.6 Å². The maximum Gasteiger partial charge on any atom is 0.280 e. The quantitative estimate of drug-likeness (QED) is 0.752. The summed E-state index contributed by atoms with van der Waals surface area (Å²) in [5.74, 6) is -0.102. The third-order valence-electron chi connectivity index (χ3n) is 3.27. The molecule has 0 aromatic heterocycles. The molecule has 0 saturated heterocycles. The number of hydrazone groups is 1. The van der Waals surface area contributed by atoms with Gasteiger partial charge in [-0.3, -0.25) is 4.79 Å². The normalized spacial score (nSPS) is 16.5. The number of benzene rings is 2. The summed E-state index contributed by atoms with van der Waals surface area (Å²) in [6.45, 7) is 1.85. The van der Waals surface area contributed by atoms with E-state index in [0.717, 1.165) is 21.4 Å².